The van der Waals surface area contributed by atoms with Gasteiger partial charge in [0, 0.05) is 10.9 Å². The first-order chi connectivity index (χ1) is 12.4. The molecule has 146 valence electrons. The van der Waals surface area contributed by atoms with Crippen LogP contribution in [0.1, 0.15) is 13.8 Å². The number of likely N-dealkylation sites (N-methyl/N-ethyl adjacent to an activating group) is 1. The van der Waals surface area contributed by atoms with Gasteiger partial charge in [0.25, 0.3) is 5.91 Å². The molecule has 26 heavy (non-hydrogen) atoms. The average Bonchev–Trinajstić information content (AvgIpc) is 2.54. The number of ether oxygens (including phenoxy) is 2. The van der Waals surface area contributed by atoms with E-state index in [0.29, 0.717) is 28.9 Å². The van der Waals surface area contributed by atoms with Crippen molar-refractivity contribution in [3.05, 3.63) is 23.2 Å². The second-order valence-corrected chi connectivity index (χ2v) is 7.96. The molecule has 1 aromatic carbocycles. The molecule has 1 saturated heterocycles. The Morgan fingerprint density at radius 3 is 2.96 bits per heavy atom. The van der Waals surface area contributed by atoms with Gasteiger partial charge in [-0.25, -0.2) is 0 Å². The Bertz CT molecular complexity index is 597. The number of morpholine rings is 1. The van der Waals surface area contributed by atoms with Crippen molar-refractivity contribution in [2.45, 2.75) is 20.0 Å². The van der Waals surface area contributed by atoms with Crippen molar-refractivity contribution in [3.63, 3.8) is 0 Å². The number of nitrogens with one attached hydrogen (secondary N) is 3. The number of hydrogen-bond acceptors (Lipinski definition) is 3. The molecule has 1 amide bonds. The fourth-order valence-corrected chi connectivity index (χ4v) is 3.63. The maximum Gasteiger partial charge on any atom is 0.279 e. The van der Waals surface area contributed by atoms with E-state index in [-0.39, 0.29) is 12.0 Å². The lowest BCUT2D eigenvalue weighted by atomic mass is 10.1. The van der Waals surface area contributed by atoms with Gasteiger partial charge in [0.1, 0.15) is 25.4 Å². The third-order valence-electron chi connectivity index (χ3n) is 4.50. The molecule has 3 atom stereocenters. The summed E-state index contributed by atoms with van der Waals surface area (Å²) in [4.78, 5) is 15.1. The Kier molecular flexibility index (Phi) is 8.15. The predicted molar refractivity (Wildman–Crippen MR) is 103 cm³/mol. The summed E-state index contributed by atoms with van der Waals surface area (Å²) < 4.78 is 11.2. The fraction of sp³-hybridized carbons (Fsp3) is 0.632. The summed E-state index contributed by atoms with van der Waals surface area (Å²) in [6, 6.07) is 5.18. The Morgan fingerprint density at radius 1 is 1.50 bits per heavy atom. The number of benzene rings is 1. The van der Waals surface area contributed by atoms with E-state index in [1.165, 1.54) is 6.54 Å². The van der Waals surface area contributed by atoms with Crippen molar-refractivity contribution in [1.29, 1.82) is 0 Å². The van der Waals surface area contributed by atoms with Gasteiger partial charge in [-0.15, -0.1) is 0 Å². The third kappa shape index (κ3) is 6.76. The van der Waals surface area contributed by atoms with Crippen LogP contribution >= 0.6 is 11.6 Å². The van der Waals surface area contributed by atoms with Gasteiger partial charge in [-0.05, 0) is 18.2 Å². The highest BCUT2D eigenvalue weighted by atomic mass is 35.5. The number of methoxy groups -OCH3 is 1. The van der Waals surface area contributed by atoms with Crippen molar-refractivity contribution in [2.75, 3.05) is 58.8 Å². The van der Waals surface area contributed by atoms with Crippen molar-refractivity contribution in [2.24, 2.45) is 5.92 Å². The van der Waals surface area contributed by atoms with Gasteiger partial charge in [0.05, 0.1) is 33.0 Å². The summed E-state index contributed by atoms with van der Waals surface area (Å²) in [6.07, 6.45) is 0.200. The number of amides is 1. The van der Waals surface area contributed by atoms with Crippen molar-refractivity contribution in [3.8, 4) is 5.75 Å². The molecule has 0 aromatic heterocycles. The zero-order valence-electron chi connectivity index (χ0n) is 16.2. The van der Waals surface area contributed by atoms with Crippen LogP contribution < -0.4 is 19.9 Å². The molecule has 1 aromatic rings. The van der Waals surface area contributed by atoms with Gasteiger partial charge in [-0.3, -0.25) is 4.79 Å². The molecule has 0 saturated carbocycles. The zero-order valence-corrected chi connectivity index (χ0v) is 17.0. The largest absolute Gasteiger partial charge is 0.495 e. The number of quaternary nitrogens is 2. The summed E-state index contributed by atoms with van der Waals surface area (Å²) in [6.45, 7) is 9.76. The fourth-order valence-electron chi connectivity index (χ4n) is 3.45. The van der Waals surface area contributed by atoms with Crippen molar-refractivity contribution in [1.82, 2.24) is 0 Å². The minimum absolute atomic E-state index is 0.0646. The molecular weight excluding hydrogens is 354 g/mol. The van der Waals surface area contributed by atoms with E-state index in [4.69, 9.17) is 21.1 Å². The van der Waals surface area contributed by atoms with Gasteiger partial charge >= 0.3 is 0 Å². The van der Waals surface area contributed by atoms with E-state index in [2.05, 4.69) is 19.2 Å². The second kappa shape index (κ2) is 10.1. The maximum absolute atomic E-state index is 12.4. The smallest absolute Gasteiger partial charge is 0.279 e. The molecule has 1 fully saturated rings. The maximum atomic E-state index is 12.4. The highest BCUT2D eigenvalue weighted by Crippen LogP contribution is 2.27. The number of carbonyl (C=O) groups excluding carboxylic acids is 1. The molecule has 6 nitrogen and oxygen atoms in total. The highest BCUT2D eigenvalue weighted by Gasteiger charge is 2.27. The Balaban J connectivity index is 1.82. The van der Waals surface area contributed by atoms with Crippen LogP contribution in [0, 0.1) is 5.92 Å². The summed E-state index contributed by atoms with van der Waals surface area (Å²) in [7, 11) is 3.59. The second-order valence-electron chi connectivity index (χ2n) is 7.53. The van der Waals surface area contributed by atoms with Crippen LogP contribution in [0.15, 0.2) is 18.2 Å². The number of rotatable bonds is 8. The molecule has 7 heteroatoms. The lowest BCUT2D eigenvalue weighted by molar-refractivity contribution is -0.926. The van der Waals surface area contributed by atoms with Crippen LogP contribution in [0.4, 0.5) is 5.69 Å². The summed E-state index contributed by atoms with van der Waals surface area (Å²) in [5.41, 5.74) is 0.597. The Morgan fingerprint density at radius 2 is 2.27 bits per heavy atom. The van der Waals surface area contributed by atoms with E-state index in [9.17, 15) is 4.79 Å². The first kappa shape index (κ1) is 21.0. The normalized spacial score (nSPS) is 21.5. The van der Waals surface area contributed by atoms with Gasteiger partial charge < -0.3 is 24.6 Å². The minimum atomic E-state index is -0.0646. The summed E-state index contributed by atoms with van der Waals surface area (Å²) >= 11 is 6.01. The lowest BCUT2D eigenvalue weighted by Gasteiger charge is -2.31. The van der Waals surface area contributed by atoms with Crippen molar-refractivity contribution >= 4 is 23.2 Å². The number of halogens is 1. The number of anilines is 1. The first-order valence-corrected chi connectivity index (χ1v) is 9.65. The molecular formula is C19H32ClN3O3+2. The SMILES string of the molecule is COc1ccc(Cl)cc1NC(=O)C[NH+](C)C[C@@H]1C[NH+](CC(C)C)CCO1. The van der Waals surface area contributed by atoms with Crippen molar-refractivity contribution < 1.29 is 24.1 Å². The molecule has 2 unspecified atom stereocenters. The number of hydrogen-bond donors (Lipinski definition) is 3. The molecule has 1 aliphatic rings. The molecule has 2 rings (SSSR count). The lowest BCUT2D eigenvalue weighted by Crippen LogP contribution is -3.18. The molecule has 0 aliphatic carbocycles. The molecule has 0 spiro atoms. The van der Waals surface area contributed by atoms with Gasteiger partial charge in [-0.2, -0.15) is 0 Å². The average molecular weight is 386 g/mol. The quantitative estimate of drug-likeness (QED) is 0.578. The van der Waals surface area contributed by atoms with Crippen LogP contribution in [0.5, 0.6) is 5.75 Å². The van der Waals surface area contributed by atoms with E-state index in [1.54, 1.807) is 30.2 Å². The molecule has 1 heterocycles. The third-order valence-corrected chi connectivity index (χ3v) is 4.73. The molecule has 0 bridgehead atoms. The topological polar surface area (TPSA) is 56.4 Å². The molecule has 1 aliphatic heterocycles. The summed E-state index contributed by atoms with van der Waals surface area (Å²) in [5.74, 6) is 1.22. The zero-order chi connectivity index (χ0) is 19.1. The van der Waals surface area contributed by atoms with Crippen LogP contribution in [-0.2, 0) is 9.53 Å². The van der Waals surface area contributed by atoms with E-state index in [1.807, 2.05) is 7.05 Å². The van der Waals surface area contributed by atoms with Crippen LogP contribution in [0.25, 0.3) is 0 Å². The Hall–Kier alpha value is -1.34. The molecule has 3 N–H and O–H groups in total. The van der Waals surface area contributed by atoms with Crippen LogP contribution in [0.3, 0.4) is 0 Å². The van der Waals surface area contributed by atoms with E-state index in [0.717, 1.165) is 31.1 Å². The van der Waals surface area contributed by atoms with E-state index >= 15 is 0 Å². The van der Waals surface area contributed by atoms with Crippen LogP contribution in [-0.4, -0.2) is 65.5 Å². The van der Waals surface area contributed by atoms with Gasteiger partial charge in [-0.1, -0.05) is 25.4 Å². The predicted octanol–water partition coefficient (Wildman–Crippen LogP) is -0.258. The standard InChI is InChI=1S/C19H30ClN3O3/c1-14(2)10-23-7-8-26-16(12-23)11-22(3)13-19(24)21-17-9-15(20)5-6-18(17)25-4/h5-6,9,14,16H,7-8,10-13H2,1-4H3,(H,21,24)/p+2/t16-/m1/s1. The van der Waals surface area contributed by atoms with Gasteiger partial charge in [0.2, 0.25) is 0 Å². The highest BCUT2D eigenvalue weighted by molar-refractivity contribution is 6.31. The van der Waals surface area contributed by atoms with E-state index < -0.39 is 0 Å². The number of carbonyl (C=O) groups is 1. The minimum Gasteiger partial charge on any atom is -0.495 e. The monoisotopic (exact) mass is 385 g/mol. The molecule has 0 radical (unpaired) electrons. The Labute approximate surface area is 161 Å². The van der Waals surface area contributed by atoms with Gasteiger partial charge in [0.15, 0.2) is 12.6 Å². The van der Waals surface area contributed by atoms with Crippen LogP contribution in [0.2, 0.25) is 5.02 Å². The first-order valence-electron chi connectivity index (χ1n) is 9.27. The summed E-state index contributed by atoms with van der Waals surface area (Å²) in [5, 5.41) is 3.45.